The van der Waals surface area contributed by atoms with Crippen molar-refractivity contribution in [1.29, 1.82) is 0 Å². The summed E-state index contributed by atoms with van der Waals surface area (Å²) in [6.07, 6.45) is 3.65. The van der Waals surface area contributed by atoms with Crippen LogP contribution in [-0.4, -0.2) is 19.2 Å². The Hall–Kier alpha value is -1.02. The van der Waals surface area contributed by atoms with Crippen LogP contribution < -0.4 is 10.1 Å². The van der Waals surface area contributed by atoms with Crippen LogP contribution in [0.3, 0.4) is 0 Å². The van der Waals surface area contributed by atoms with Crippen LogP contribution in [0, 0.1) is 5.92 Å². The molecule has 1 N–H and O–H groups in total. The molecular formula is C16H27NO. The predicted octanol–water partition coefficient (Wildman–Crippen LogP) is 3.87. The molecule has 2 unspecified atom stereocenters. The standard InChI is InChI=1S/C16H27NO/c1-4-9-14(3)16(17-12-5-2)13-18-15-10-7-6-8-11-15/h6-8,10-11,14,16-17H,4-5,9,12-13H2,1-3H3. The number of ether oxygens (including phenoxy) is 1. The van der Waals surface area contributed by atoms with Crippen molar-refractivity contribution in [3.8, 4) is 5.75 Å². The second kappa shape index (κ2) is 8.98. The van der Waals surface area contributed by atoms with Crippen LogP contribution in [-0.2, 0) is 0 Å². The van der Waals surface area contributed by atoms with E-state index in [0.29, 0.717) is 12.0 Å². The van der Waals surface area contributed by atoms with Crippen LogP contribution >= 0.6 is 0 Å². The van der Waals surface area contributed by atoms with E-state index in [1.54, 1.807) is 0 Å². The van der Waals surface area contributed by atoms with Crippen LogP contribution in [0.5, 0.6) is 5.75 Å². The smallest absolute Gasteiger partial charge is 0.119 e. The first-order valence-electron chi connectivity index (χ1n) is 7.19. The number of para-hydroxylation sites is 1. The Labute approximate surface area is 112 Å². The Balaban J connectivity index is 2.44. The molecule has 0 aliphatic rings. The number of rotatable bonds is 9. The Morgan fingerprint density at radius 2 is 1.83 bits per heavy atom. The van der Waals surface area contributed by atoms with Gasteiger partial charge in [-0.05, 0) is 37.4 Å². The Kier molecular flexibility index (Phi) is 7.51. The molecule has 0 heterocycles. The molecule has 0 amide bonds. The number of hydrogen-bond donors (Lipinski definition) is 1. The minimum absolute atomic E-state index is 0.449. The molecule has 0 spiro atoms. The highest BCUT2D eigenvalue weighted by Gasteiger charge is 2.16. The maximum absolute atomic E-state index is 5.87. The van der Waals surface area contributed by atoms with Crippen molar-refractivity contribution in [2.24, 2.45) is 5.92 Å². The number of hydrogen-bond acceptors (Lipinski definition) is 2. The molecular weight excluding hydrogens is 222 g/mol. The van der Waals surface area contributed by atoms with Crippen LogP contribution in [0.25, 0.3) is 0 Å². The van der Waals surface area contributed by atoms with Gasteiger partial charge in [0, 0.05) is 6.04 Å². The van der Waals surface area contributed by atoms with E-state index in [4.69, 9.17) is 4.74 Å². The summed E-state index contributed by atoms with van der Waals surface area (Å²) >= 11 is 0. The Morgan fingerprint density at radius 3 is 2.44 bits per heavy atom. The van der Waals surface area contributed by atoms with Gasteiger partial charge in [-0.3, -0.25) is 0 Å². The molecule has 18 heavy (non-hydrogen) atoms. The molecule has 1 aromatic rings. The van der Waals surface area contributed by atoms with Crippen molar-refractivity contribution in [3.05, 3.63) is 30.3 Å². The van der Waals surface area contributed by atoms with E-state index >= 15 is 0 Å². The molecule has 2 heteroatoms. The van der Waals surface area contributed by atoms with Gasteiger partial charge in [0.1, 0.15) is 12.4 Å². The molecule has 0 saturated carbocycles. The zero-order valence-electron chi connectivity index (χ0n) is 12.0. The molecule has 0 aromatic heterocycles. The topological polar surface area (TPSA) is 21.3 Å². The fourth-order valence-corrected chi connectivity index (χ4v) is 2.11. The van der Waals surface area contributed by atoms with Crippen LogP contribution in [0.1, 0.15) is 40.0 Å². The summed E-state index contributed by atoms with van der Waals surface area (Å²) < 4.78 is 5.87. The summed E-state index contributed by atoms with van der Waals surface area (Å²) in [6, 6.07) is 10.5. The highest BCUT2D eigenvalue weighted by Crippen LogP contribution is 2.14. The first-order valence-corrected chi connectivity index (χ1v) is 7.19. The lowest BCUT2D eigenvalue weighted by Gasteiger charge is -2.25. The van der Waals surface area contributed by atoms with E-state index in [-0.39, 0.29) is 0 Å². The minimum Gasteiger partial charge on any atom is -0.492 e. The molecule has 2 atom stereocenters. The molecule has 2 nitrogen and oxygen atoms in total. The van der Waals surface area contributed by atoms with E-state index in [0.717, 1.165) is 18.9 Å². The first-order chi connectivity index (χ1) is 8.77. The Morgan fingerprint density at radius 1 is 1.11 bits per heavy atom. The van der Waals surface area contributed by atoms with E-state index in [1.807, 2.05) is 30.3 Å². The van der Waals surface area contributed by atoms with Gasteiger partial charge in [-0.2, -0.15) is 0 Å². The zero-order chi connectivity index (χ0) is 13.2. The van der Waals surface area contributed by atoms with Crippen LogP contribution in [0.15, 0.2) is 30.3 Å². The molecule has 0 saturated heterocycles. The average molecular weight is 249 g/mol. The Bertz CT molecular complexity index is 299. The van der Waals surface area contributed by atoms with Crippen molar-refractivity contribution in [2.45, 2.75) is 46.1 Å². The van der Waals surface area contributed by atoms with Gasteiger partial charge in [-0.15, -0.1) is 0 Å². The highest BCUT2D eigenvalue weighted by molar-refractivity contribution is 5.20. The number of nitrogens with one attached hydrogen (secondary N) is 1. The summed E-state index contributed by atoms with van der Waals surface area (Å²) in [7, 11) is 0. The second-order valence-electron chi connectivity index (χ2n) is 4.95. The van der Waals surface area contributed by atoms with Gasteiger partial charge in [0.2, 0.25) is 0 Å². The van der Waals surface area contributed by atoms with E-state index in [2.05, 4.69) is 26.1 Å². The third-order valence-corrected chi connectivity index (χ3v) is 3.26. The summed E-state index contributed by atoms with van der Waals surface area (Å²) in [6.45, 7) is 8.57. The molecule has 0 aliphatic carbocycles. The molecule has 0 radical (unpaired) electrons. The van der Waals surface area contributed by atoms with Gasteiger partial charge in [0.15, 0.2) is 0 Å². The SMILES string of the molecule is CCCNC(COc1ccccc1)C(C)CCC. The predicted molar refractivity (Wildman–Crippen MR) is 78.1 cm³/mol. The lowest BCUT2D eigenvalue weighted by molar-refractivity contribution is 0.217. The summed E-state index contributed by atoms with van der Waals surface area (Å²) in [5.74, 6) is 1.62. The van der Waals surface area contributed by atoms with E-state index in [9.17, 15) is 0 Å². The first kappa shape index (κ1) is 15.0. The van der Waals surface area contributed by atoms with Gasteiger partial charge in [-0.1, -0.05) is 45.4 Å². The lowest BCUT2D eigenvalue weighted by Crippen LogP contribution is -2.40. The van der Waals surface area contributed by atoms with Gasteiger partial charge in [-0.25, -0.2) is 0 Å². The second-order valence-corrected chi connectivity index (χ2v) is 4.95. The van der Waals surface area contributed by atoms with Crippen molar-refractivity contribution in [3.63, 3.8) is 0 Å². The fourth-order valence-electron chi connectivity index (χ4n) is 2.11. The largest absolute Gasteiger partial charge is 0.492 e. The molecule has 1 rings (SSSR count). The minimum atomic E-state index is 0.449. The monoisotopic (exact) mass is 249 g/mol. The van der Waals surface area contributed by atoms with Gasteiger partial charge >= 0.3 is 0 Å². The third-order valence-electron chi connectivity index (χ3n) is 3.26. The quantitative estimate of drug-likeness (QED) is 0.717. The normalized spacial score (nSPS) is 14.2. The average Bonchev–Trinajstić information content (AvgIpc) is 2.40. The molecule has 0 bridgehead atoms. The maximum Gasteiger partial charge on any atom is 0.119 e. The van der Waals surface area contributed by atoms with E-state index in [1.165, 1.54) is 19.3 Å². The van der Waals surface area contributed by atoms with Crippen molar-refractivity contribution in [2.75, 3.05) is 13.2 Å². The van der Waals surface area contributed by atoms with Gasteiger partial charge in [0.25, 0.3) is 0 Å². The number of benzene rings is 1. The molecule has 0 aliphatic heterocycles. The van der Waals surface area contributed by atoms with Gasteiger partial charge in [0.05, 0.1) is 0 Å². The molecule has 102 valence electrons. The lowest BCUT2D eigenvalue weighted by atomic mass is 9.97. The van der Waals surface area contributed by atoms with Crippen molar-refractivity contribution in [1.82, 2.24) is 5.32 Å². The van der Waals surface area contributed by atoms with Crippen LogP contribution in [0.4, 0.5) is 0 Å². The van der Waals surface area contributed by atoms with Crippen molar-refractivity contribution < 1.29 is 4.74 Å². The maximum atomic E-state index is 5.87. The van der Waals surface area contributed by atoms with Gasteiger partial charge < -0.3 is 10.1 Å². The highest BCUT2D eigenvalue weighted by atomic mass is 16.5. The van der Waals surface area contributed by atoms with E-state index < -0.39 is 0 Å². The fraction of sp³-hybridized carbons (Fsp3) is 0.625. The summed E-state index contributed by atoms with van der Waals surface area (Å²) in [5.41, 5.74) is 0. The molecule has 0 fully saturated rings. The summed E-state index contributed by atoms with van der Waals surface area (Å²) in [4.78, 5) is 0. The van der Waals surface area contributed by atoms with Crippen LogP contribution in [0.2, 0.25) is 0 Å². The third kappa shape index (κ3) is 5.54. The van der Waals surface area contributed by atoms with Crippen molar-refractivity contribution >= 4 is 0 Å². The molecule has 1 aromatic carbocycles. The summed E-state index contributed by atoms with van der Waals surface area (Å²) in [5, 5.41) is 3.60. The zero-order valence-corrected chi connectivity index (χ0v) is 12.0.